The normalized spacial score (nSPS) is 18.5. The number of hydrogen-bond acceptors (Lipinski definition) is 5. The maximum Gasteiger partial charge on any atom is 0.327 e. The number of ether oxygens (including phenoxy) is 1. The van der Waals surface area contributed by atoms with Crippen LogP contribution in [0.1, 0.15) is 32.1 Å². The Kier molecular flexibility index (Phi) is 6.21. The molecule has 28 heavy (non-hydrogen) atoms. The third kappa shape index (κ3) is 3.98. The van der Waals surface area contributed by atoms with Crippen LogP contribution in [0.2, 0.25) is 0 Å². The number of rotatable bonds is 5. The second-order valence-corrected chi connectivity index (χ2v) is 8.18. The molecule has 1 saturated heterocycles. The van der Waals surface area contributed by atoms with Gasteiger partial charge in [-0.25, -0.2) is 4.79 Å². The van der Waals surface area contributed by atoms with E-state index in [4.69, 9.17) is 4.74 Å². The van der Waals surface area contributed by atoms with E-state index in [-0.39, 0.29) is 5.91 Å². The van der Waals surface area contributed by atoms with Crippen molar-refractivity contribution in [1.82, 2.24) is 9.80 Å². The molecule has 0 radical (unpaired) electrons. The van der Waals surface area contributed by atoms with Gasteiger partial charge in [-0.2, -0.15) is 0 Å². The van der Waals surface area contributed by atoms with Gasteiger partial charge < -0.3 is 15.0 Å². The van der Waals surface area contributed by atoms with E-state index in [9.17, 15) is 19.2 Å². The Morgan fingerprint density at radius 2 is 1.86 bits per heavy atom. The van der Waals surface area contributed by atoms with E-state index in [1.807, 2.05) is 12.1 Å². The van der Waals surface area contributed by atoms with Crippen molar-refractivity contribution in [1.29, 1.82) is 0 Å². The van der Waals surface area contributed by atoms with Gasteiger partial charge >= 0.3 is 12.0 Å². The highest BCUT2D eigenvalue weighted by Crippen LogP contribution is 2.39. The quantitative estimate of drug-likeness (QED) is 0.382. The van der Waals surface area contributed by atoms with Gasteiger partial charge in [0.1, 0.15) is 12.1 Å². The third-order valence-electron chi connectivity index (χ3n) is 5.28. The van der Waals surface area contributed by atoms with Gasteiger partial charge in [0.25, 0.3) is 11.8 Å². The van der Waals surface area contributed by atoms with Crippen LogP contribution in [-0.4, -0.2) is 59.4 Å². The molecule has 2 fully saturated rings. The summed E-state index contributed by atoms with van der Waals surface area (Å²) >= 11 is 2.08. The third-order valence-corrected chi connectivity index (χ3v) is 6.22. The number of amides is 4. The van der Waals surface area contributed by atoms with Crippen LogP contribution in [0.3, 0.4) is 0 Å². The molecule has 1 aliphatic carbocycles. The van der Waals surface area contributed by atoms with E-state index < -0.39 is 36.6 Å². The second-order valence-electron chi connectivity index (χ2n) is 7.01. The maximum absolute atomic E-state index is 12.8. The molecule has 1 N–H and O–H groups in total. The fourth-order valence-corrected chi connectivity index (χ4v) is 4.26. The standard InChI is InChI=1S/C19H22IN3O5/c1-22-18(27)23(17(26)19(22)9-5-2-6-10-19)11-16(25)28-12-15(24)21-14-8-4-3-7-13(14)20/h3-4,7-8H,2,5-6,9-12H2,1H3,(H,21,24). The lowest BCUT2D eigenvalue weighted by atomic mass is 9.81. The molecule has 8 nitrogen and oxygen atoms in total. The summed E-state index contributed by atoms with van der Waals surface area (Å²) in [5.41, 5.74) is -0.216. The monoisotopic (exact) mass is 499 g/mol. The molecule has 0 aromatic heterocycles. The number of carbonyl (C=O) groups is 4. The largest absolute Gasteiger partial charge is 0.454 e. The van der Waals surface area contributed by atoms with E-state index in [1.54, 1.807) is 19.2 Å². The maximum atomic E-state index is 12.8. The van der Waals surface area contributed by atoms with Gasteiger partial charge in [-0.3, -0.25) is 19.3 Å². The van der Waals surface area contributed by atoms with Crippen molar-refractivity contribution in [3.63, 3.8) is 0 Å². The van der Waals surface area contributed by atoms with E-state index >= 15 is 0 Å². The number of likely N-dealkylation sites (N-methyl/N-ethyl adjacent to an activating group) is 1. The first-order chi connectivity index (χ1) is 13.3. The fraction of sp³-hybridized carbons (Fsp3) is 0.474. The molecule has 3 rings (SSSR count). The van der Waals surface area contributed by atoms with Crippen LogP contribution >= 0.6 is 22.6 Å². The van der Waals surface area contributed by atoms with Crippen LogP contribution in [0.15, 0.2) is 24.3 Å². The van der Waals surface area contributed by atoms with Crippen LogP contribution in [0.25, 0.3) is 0 Å². The first kappa shape index (κ1) is 20.6. The number of halogens is 1. The van der Waals surface area contributed by atoms with Crippen LogP contribution in [-0.2, 0) is 19.1 Å². The summed E-state index contributed by atoms with van der Waals surface area (Å²) in [5, 5.41) is 2.65. The van der Waals surface area contributed by atoms with Crippen molar-refractivity contribution < 1.29 is 23.9 Å². The average Bonchev–Trinajstić information content (AvgIpc) is 2.85. The van der Waals surface area contributed by atoms with E-state index in [1.165, 1.54) is 4.90 Å². The molecule has 0 bridgehead atoms. The second kappa shape index (κ2) is 8.46. The van der Waals surface area contributed by atoms with Gasteiger partial charge in [-0.1, -0.05) is 31.4 Å². The topological polar surface area (TPSA) is 96.0 Å². The zero-order valence-electron chi connectivity index (χ0n) is 15.6. The molecular weight excluding hydrogens is 477 g/mol. The molecule has 1 saturated carbocycles. The molecule has 1 aliphatic heterocycles. The van der Waals surface area contributed by atoms with Crippen LogP contribution in [0.5, 0.6) is 0 Å². The van der Waals surface area contributed by atoms with E-state index in [0.717, 1.165) is 27.7 Å². The fourth-order valence-electron chi connectivity index (χ4n) is 3.74. The zero-order valence-corrected chi connectivity index (χ0v) is 17.7. The summed E-state index contributed by atoms with van der Waals surface area (Å²) in [6, 6.07) is 6.71. The molecular formula is C19H22IN3O5. The predicted molar refractivity (Wildman–Crippen MR) is 109 cm³/mol. The predicted octanol–water partition coefficient (Wildman–Crippen LogP) is 2.37. The smallest absolute Gasteiger partial charge is 0.327 e. The first-order valence-corrected chi connectivity index (χ1v) is 10.2. The van der Waals surface area contributed by atoms with Gasteiger partial charge in [0, 0.05) is 10.6 Å². The van der Waals surface area contributed by atoms with E-state index in [0.29, 0.717) is 18.5 Å². The van der Waals surface area contributed by atoms with Crippen molar-refractivity contribution in [3.8, 4) is 0 Å². The lowest BCUT2D eigenvalue weighted by Crippen LogP contribution is -2.49. The van der Waals surface area contributed by atoms with Crippen molar-refractivity contribution in [3.05, 3.63) is 27.8 Å². The number of nitrogens with zero attached hydrogens (tertiary/aromatic N) is 2. The molecule has 9 heteroatoms. The molecule has 2 aliphatic rings. The van der Waals surface area contributed by atoms with Gasteiger partial charge in [0.05, 0.1) is 5.69 Å². The number of nitrogens with one attached hydrogen (secondary N) is 1. The molecule has 1 heterocycles. The van der Waals surface area contributed by atoms with Crippen LogP contribution < -0.4 is 5.32 Å². The zero-order chi connectivity index (χ0) is 20.3. The number of hydrogen-bond donors (Lipinski definition) is 1. The highest BCUT2D eigenvalue weighted by Gasteiger charge is 2.55. The minimum absolute atomic E-state index is 0.347. The number of imide groups is 1. The number of esters is 1. The summed E-state index contributed by atoms with van der Waals surface area (Å²) in [5.74, 6) is -1.63. The Labute approximate surface area is 176 Å². The number of benzene rings is 1. The molecule has 1 spiro atoms. The minimum Gasteiger partial charge on any atom is -0.454 e. The van der Waals surface area contributed by atoms with Crippen LogP contribution in [0, 0.1) is 3.57 Å². The summed E-state index contributed by atoms with van der Waals surface area (Å²) in [7, 11) is 1.60. The Balaban J connectivity index is 1.54. The molecule has 0 atom stereocenters. The molecule has 0 unspecified atom stereocenters. The summed E-state index contributed by atoms with van der Waals surface area (Å²) < 4.78 is 5.82. The summed E-state index contributed by atoms with van der Waals surface area (Å²) in [4.78, 5) is 51.8. The summed E-state index contributed by atoms with van der Waals surface area (Å²) in [6.45, 7) is -0.971. The van der Waals surface area contributed by atoms with Gasteiger partial charge in [0.2, 0.25) is 0 Å². The van der Waals surface area contributed by atoms with Gasteiger partial charge in [-0.15, -0.1) is 0 Å². The highest BCUT2D eigenvalue weighted by molar-refractivity contribution is 14.1. The van der Waals surface area contributed by atoms with Crippen molar-refractivity contribution in [2.45, 2.75) is 37.6 Å². The molecule has 150 valence electrons. The molecule has 1 aromatic carbocycles. The number of para-hydroxylation sites is 1. The van der Waals surface area contributed by atoms with Crippen molar-refractivity contribution in [2.75, 3.05) is 25.5 Å². The van der Waals surface area contributed by atoms with Crippen LogP contribution in [0.4, 0.5) is 10.5 Å². The lowest BCUT2D eigenvalue weighted by molar-refractivity contribution is -0.150. The number of urea groups is 1. The van der Waals surface area contributed by atoms with Gasteiger partial charge in [0.15, 0.2) is 6.61 Å². The first-order valence-electron chi connectivity index (χ1n) is 9.15. The SMILES string of the molecule is CN1C(=O)N(CC(=O)OCC(=O)Nc2ccccc2I)C(=O)C12CCCCC2. The lowest BCUT2D eigenvalue weighted by Gasteiger charge is -2.35. The van der Waals surface area contributed by atoms with Gasteiger partial charge in [-0.05, 0) is 47.6 Å². The Morgan fingerprint density at radius 1 is 1.18 bits per heavy atom. The number of carbonyl (C=O) groups excluding carboxylic acids is 4. The number of anilines is 1. The van der Waals surface area contributed by atoms with Crippen molar-refractivity contribution >= 4 is 52.1 Å². The average molecular weight is 499 g/mol. The Morgan fingerprint density at radius 3 is 2.54 bits per heavy atom. The molecule has 4 amide bonds. The van der Waals surface area contributed by atoms with Crippen molar-refractivity contribution in [2.24, 2.45) is 0 Å². The minimum atomic E-state index is -0.836. The highest BCUT2D eigenvalue weighted by atomic mass is 127. The Hall–Kier alpha value is -2.17. The summed E-state index contributed by atoms with van der Waals surface area (Å²) in [6.07, 6.45) is 4.00. The van der Waals surface area contributed by atoms with E-state index in [2.05, 4.69) is 27.9 Å². The Bertz CT molecular complexity index is 807. The molecule has 1 aromatic rings.